The van der Waals surface area contributed by atoms with Gasteiger partial charge in [-0.25, -0.2) is 4.98 Å². The minimum atomic E-state index is -0.503. The molecule has 0 saturated heterocycles. The second-order valence-electron chi connectivity index (χ2n) is 5.21. The van der Waals surface area contributed by atoms with Gasteiger partial charge in [-0.3, -0.25) is 4.79 Å². The molecule has 1 atom stereocenters. The van der Waals surface area contributed by atoms with Crippen molar-refractivity contribution in [2.24, 2.45) is 5.73 Å². The predicted octanol–water partition coefficient (Wildman–Crippen LogP) is 3.09. The Labute approximate surface area is 147 Å². The highest BCUT2D eigenvalue weighted by molar-refractivity contribution is 5.88. The molecule has 0 spiro atoms. The monoisotopic (exact) mass is 351 g/mol. The first-order valence-electron chi connectivity index (χ1n) is 6.95. The van der Waals surface area contributed by atoms with Gasteiger partial charge in [0, 0.05) is 24.7 Å². The number of carbonyl (C=O) groups is 1. The molecule has 3 aromatic rings. The Morgan fingerprint density at radius 3 is 2.57 bits per heavy atom. The molecule has 0 saturated carbocycles. The summed E-state index contributed by atoms with van der Waals surface area (Å²) in [5.74, 6) is 0.0416. The molecule has 0 aliphatic carbocycles. The van der Waals surface area contributed by atoms with Crippen LogP contribution in [-0.2, 0) is 17.6 Å². The summed E-state index contributed by atoms with van der Waals surface area (Å²) in [6.07, 6.45) is 4.14. The average Bonchev–Trinajstić information content (AvgIpc) is 3.00. The number of fused-ring (bicyclic) bond motifs is 1. The lowest BCUT2D eigenvalue weighted by Crippen LogP contribution is -2.34. The summed E-state index contributed by atoms with van der Waals surface area (Å²) in [5, 5.41) is 2.32. The number of nitrogens with one attached hydrogen (secondary N) is 1. The van der Waals surface area contributed by atoms with Crippen LogP contribution in [0.1, 0.15) is 11.3 Å². The maximum absolute atomic E-state index is 12.2. The van der Waals surface area contributed by atoms with Crippen molar-refractivity contribution in [1.82, 2.24) is 9.97 Å². The average molecular weight is 352 g/mol. The van der Waals surface area contributed by atoms with Crippen LogP contribution >= 0.6 is 24.8 Å². The van der Waals surface area contributed by atoms with E-state index in [1.54, 1.807) is 12.5 Å². The van der Waals surface area contributed by atoms with Crippen LogP contribution in [0.4, 0.5) is 0 Å². The molecule has 0 aliphatic heterocycles. The Balaban J connectivity index is 0.00000132. The van der Waals surface area contributed by atoms with Crippen molar-refractivity contribution in [3.8, 4) is 0 Å². The topological polar surface area (TPSA) is 71.8 Å². The molecule has 122 valence electrons. The number of benzene rings is 2. The van der Waals surface area contributed by atoms with Gasteiger partial charge in [0.2, 0.25) is 0 Å². The number of aromatic amines is 1. The summed E-state index contributed by atoms with van der Waals surface area (Å²) >= 11 is 0. The third-order valence-corrected chi connectivity index (χ3v) is 3.60. The zero-order chi connectivity index (χ0) is 14.7. The molecular formula is C17H19Cl2N3O. The molecule has 1 heterocycles. The molecular weight excluding hydrogens is 333 g/mol. The SMILES string of the molecule is Cl.Cl.N[C@@H](Cc1cnc[nH]1)C(=O)Cc1ccc2ccccc2c1. The number of carbonyl (C=O) groups excluding carboxylic acids is 1. The molecule has 6 heteroatoms. The highest BCUT2D eigenvalue weighted by Gasteiger charge is 2.15. The number of hydrogen-bond donors (Lipinski definition) is 2. The maximum Gasteiger partial charge on any atom is 0.154 e. The molecule has 0 fully saturated rings. The minimum Gasteiger partial charge on any atom is -0.348 e. The fourth-order valence-electron chi connectivity index (χ4n) is 2.43. The number of nitrogens with two attached hydrogens (primary N) is 1. The highest BCUT2D eigenvalue weighted by Crippen LogP contribution is 2.16. The van der Waals surface area contributed by atoms with Crippen molar-refractivity contribution < 1.29 is 4.79 Å². The molecule has 0 bridgehead atoms. The smallest absolute Gasteiger partial charge is 0.154 e. The number of Topliss-reactive ketones (excluding diaryl/α,β-unsaturated/α-hetero) is 1. The number of rotatable bonds is 5. The van der Waals surface area contributed by atoms with Crippen LogP contribution in [0.2, 0.25) is 0 Å². The Hall–Kier alpha value is -1.88. The van der Waals surface area contributed by atoms with Gasteiger partial charge in [0.1, 0.15) is 0 Å². The largest absolute Gasteiger partial charge is 0.348 e. The van der Waals surface area contributed by atoms with E-state index in [0.717, 1.165) is 16.6 Å². The number of hydrogen-bond acceptors (Lipinski definition) is 3. The fourth-order valence-corrected chi connectivity index (χ4v) is 2.43. The zero-order valence-corrected chi connectivity index (χ0v) is 14.1. The predicted molar refractivity (Wildman–Crippen MR) is 97.4 cm³/mol. The van der Waals surface area contributed by atoms with Crippen molar-refractivity contribution >= 4 is 41.4 Å². The first kappa shape index (κ1) is 19.2. The molecule has 4 nitrogen and oxygen atoms in total. The van der Waals surface area contributed by atoms with Crippen LogP contribution in [0, 0.1) is 0 Å². The van der Waals surface area contributed by atoms with Gasteiger partial charge in [0.25, 0.3) is 0 Å². The van der Waals surface area contributed by atoms with Crippen molar-refractivity contribution in [2.75, 3.05) is 0 Å². The van der Waals surface area contributed by atoms with Gasteiger partial charge < -0.3 is 10.7 Å². The van der Waals surface area contributed by atoms with Crippen LogP contribution in [0.3, 0.4) is 0 Å². The van der Waals surface area contributed by atoms with E-state index in [1.807, 2.05) is 30.3 Å². The summed E-state index contributed by atoms with van der Waals surface area (Å²) in [6.45, 7) is 0. The zero-order valence-electron chi connectivity index (χ0n) is 12.4. The van der Waals surface area contributed by atoms with Crippen molar-refractivity contribution in [3.63, 3.8) is 0 Å². The third kappa shape index (κ3) is 4.79. The molecule has 3 rings (SSSR count). The standard InChI is InChI=1S/C17H17N3O.2ClH/c18-16(9-15-10-19-11-20-15)17(21)8-12-5-6-13-3-1-2-4-14(13)7-12;;/h1-7,10-11,16H,8-9,18H2,(H,19,20);2*1H/t16-;;/m0../s1. The molecule has 1 aromatic heterocycles. The van der Waals surface area contributed by atoms with E-state index in [9.17, 15) is 4.79 Å². The molecule has 3 N–H and O–H groups in total. The van der Waals surface area contributed by atoms with Gasteiger partial charge in [-0.15, -0.1) is 24.8 Å². The van der Waals surface area contributed by atoms with Crippen LogP contribution < -0.4 is 5.73 Å². The lowest BCUT2D eigenvalue weighted by Gasteiger charge is -2.10. The van der Waals surface area contributed by atoms with Crippen LogP contribution in [-0.4, -0.2) is 21.8 Å². The Morgan fingerprint density at radius 2 is 1.87 bits per heavy atom. The van der Waals surface area contributed by atoms with Crippen molar-refractivity contribution in [3.05, 3.63) is 66.2 Å². The Bertz CT molecular complexity index is 759. The fraction of sp³-hybridized carbons (Fsp3) is 0.176. The van der Waals surface area contributed by atoms with E-state index in [2.05, 4.69) is 22.1 Å². The first-order chi connectivity index (χ1) is 10.2. The van der Waals surface area contributed by atoms with E-state index in [1.165, 1.54) is 5.39 Å². The highest BCUT2D eigenvalue weighted by atomic mass is 35.5. The molecule has 0 radical (unpaired) electrons. The second kappa shape index (κ2) is 8.67. The molecule has 23 heavy (non-hydrogen) atoms. The van der Waals surface area contributed by atoms with E-state index in [4.69, 9.17) is 5.73 Å². The molecule has 2 aromatic carbocycles. The summed E-state index contributed by atoms with van der Waals surface area (Å²) < 4.78 is 0. The van der Waals surface area contributed by atoms with Gasteiger partial charge in [-0.1, -0.05) is 42.5 Å². The van der Waals surface area contributed by atoms with Crippen LogP contribution in [0.5, 0.6) is 0 Å². The van der Waals surface area contributed by atoms with Crippen LogP contribution in [0.25, 0.3) is 10.8 Å². The normalized spacial score (nSPS) is 11.3. The van der Waals surface area contributed by atoms with Crippen molar-refractivity contribution in [1.29, 1.82) is 0 Å². The number of ketones is 1. The van der Waals surface area contributed by atoms with Gasteiger partial charge in [0.05, 0.1) is 12.4 Å². The number of imidazole rings is 1. The quantitative estimate of drug-likeness (QED) is 0.741. The van der Waals surface area contributed by atoms with E-state index >= 15 is 0 Å². The van der Waals surface area contributed by atoms with E-state index < -0.39 is 6.04 Å². The summed E-state index contributed by atoms with van der Waals surface area (Å²) in [5.41, 5.74) is 7.85. The first-order valence-corrected chi connectivity index (χ1v) is 6.95. The van der Waals surface area contributed by atoms with E-state index in [-0.39, 0.29) is 30.6 Å². The van der Waals surface area contributed by atoms with Gasteiger partial charge in [0.15, 0.2) is 5.78 Å². The second-order valence-corrected chi connectivity index (χ2v) is 5.21. The Morgan fingerprint density at radius 1 is 1.13 bits per heavy atom. The molecule has 0 unspecified atom stereocenters. The van der Waals surface area contributed by atoms with Gasteiger partial charge in [-0.2, -0.15) is 0 Å². The minimum absolute atomic E-state index is 0. The lowest BCUT2D eigenvalue weighted by molar-refractivity contribution is -0.119. The van der Waals surface area contributed by atoms with Crippen LogP contribution in [0.15, 0.2) is 55.0 Å². The molecule has 0 aliphatic rings. The number of halogens is 2. The third-order valence-electron chi connectivity index (χ3n) is 3.60. The summed E-state index contributed by atoms with van der Waals surface area (Å²) in [7, 11) is 0. The number of nitrogens with zero attached hydrogens (tertiary/aromatic N) is 1. The number of aromatic nitrogens is 2. The van der Waals surface area contributed by atoms with Gasteiger partial charge >= 0.3 is 0 Å². The summed E-state index contributed by atoms with van der Waals surface area (Å²) in [6, 6.07) is 13.7. The Kier molecular flexibility index (Phi) is 7.23. The number of H-pyrrole nitrogens is 1. The lowest BCUT2D eigenvalue weighted by atomic mass is 9.99. The maximum atomic E-state index is 12.2. The van der Waals surface area contributed by atoms with Crippen molar-refractivity contribution in [2.45, 2.75) is 18.9 Å². The van der Waals surface area contributed by atoms with Gasteiger partial charge in [-0.05, 0) is 16.3 Å². The summed E-state index contributed by atoms with van der Waals surface area (Å²) in [4.78, 5) is 19.1. The molecule has 0 amide bonds. The van der Waals surface area contributed by atoms with E-state index in [0.29, 0.717) is 12.8 Å².